The summed E-state index contributed by atoms with van der Waals surface area (Å²) < 4.78 is 22.7. The summed E-state index contributed by atoms with van der Waals surface area (Å²) in [4.78, 5) is 26.2. The molecule has 1 N–H and O–H groups in total. The summed E-state index contributed by atoms with van der Waals surface area (Å²) >= 11 is 0. The predicted molar refractivity (Wildman–Crippen MR) is 104 cm³/mol. The summed E-state index contributed by atoms with van der Waals surface area (Å²) in [5.74, 6) is -1.37. The maximum Gasteiger partial charge on any atom is 1.00 e. The summed E-state index contributed by atoms with van der Waals surface area (Å²) in [6, 6.07) is 1.55. The minimum atomic E-state index is -1.55. The van der Waals surface area contributed by atoms with E-state index in [1.54, 1.807) is 4.57 Å². The molecule has 1 aromatic carbocycles. The molecule has 30 heavy (non-hydrogen) atoms. The van der Waals surface area contributed by atoms with Crippen LogP contribution in [0.5, 0.6) is 5.75 Å². The van der Waals surface area contributed by atoms with Gasteiger partial charge in [-0.15, -0.1) is 0 Å². The third-order valence-electron chi connectivity index (χ3n) is 6.48. The number of nitrogens with one attached hydrogen (secondary N) is 1. The molecule has 2 atom stereocenters. The monoisotopic (exact) mass is 507 g/mol. The zero-order valence-electron chi connectivity index (χ0n) is 16.5. The van der Waals surface area contributed by atoms with Crippen molar-refractivity contribution < 1.29 is 41.4 Å². The molecule has 3 heterocycles. The van der Waals surface area contributed by atoms with Crippen LogP contribution in [0, 0.1) is 11.7 Å². The fourth-order valence-corrected chi connectivity index (χ4v) is 4.95. The minimum Gasteiger partial charge on any atom is -0.545 e. The number of benzene rings is 1. The van der Waals surface area contributed by atoms with Gasteiger partial charge in [0, 0.05) is 31.4 Å². The average Bonchev–Trinajstić information content (AvgIpc) is 3.45. The Hall–Kier alpha value is -1.87. The quantitative estimate of drug-likeness (QED) is 0.622. The Bertz CT molecular complexity index is 1050. The molecule has 9 heteroatoms. The zero-order chi connectivity index (χ0) is 20.3. The topological polar surface area (TPSA) is 86.6 Å². The van der Waals surface area contributed by atoms with Crippen LogP contribution in [0.25, 0.3) is 10.9 Å². The number of pyridine rings is 1. The number of carboxylic acids is 1. The third kappa shape index (κ3) is 3.36. The van der Waals surface area contributed by atoms with Crippen LogP contribution in [-0.2, 0) is 22.4 Å². The molecule has 164 valence electrons. The zero-order valence-corrected chi connectivity index (χ0v) is 18.0. The van der Waals surface area contributed by atoms with E-state index in [0.717, 1.165) is 44.8 Å². The van der Waals surface area contributed by atoms with Crippen LogP contribution in [0.15, 0.2) is 17.1 Å². The molecular weight excluding hydrogens is 485 g/mol. The molecule has 5 rings (SSSR count). The number of hydrogen-bond donors (Lipinski definition) is 1. The number of aromatic nitrogens is 1. The second-order valence-electron chi connectivity index (χ2n) is 8.30. The molecule has 0 spiro atoms. The van der Waals surface area contributed by atoms with Crippen molar-refractivity contribution in [2.75, 3.05) is 31.6 Å². The van der Waals surface area contributed by atoms with E-state index in [-0.39, 0.29) is 33.8 Å². The van der Waals surface area contributed by atoms with Gasteiger partial charge in [-0.25, -0.2) is 4.39 Å². The van der Waals surface area contributed by atoms with Gasteiger partial charge in [0.1, 0.15) is 5.69 Å². The van der Waals surface area contributed by atoms with Gasteiger partial charge in [0.25, 0.3) is 0 Å². The number of rotatable bonds is 4. The third-order valence-corrected chi connectivity index (χ3v) is 6.48. The molecule has 0 amide bonds. The SMILES string of the molecule is COc1c(N2C[C@@H]3CCCN[C@@H]3C2)c(F)cc2c(=O)c(C(=O)[O-])cn(C3CC3)c12.[Ag+]. The first-order valence-corrected chi connectivity index (χ1v) is 10.1. The van der Waals surface area contributed by atoms with Gasteiger partial charge in [-0.3, -0.25) is 4.79 Å². The van der Waals surface area contributed by atoms with Crippen LogP contribution in [0.3, 0.4) is 0 Å². The summed E-state index contributed by atoms with van der Waals surface area (Å²) in [5, 5.41) is 15.0. The summed E-state index contributed by atoms with van der Waals surface area (Å²) in [7, 11) is 1.47. The Morgan fingerprint density at radius 2 is 2.07 bits per heavy atom. The van der Waals surface area contributed by atoms with E-state index in [1.807, 2.05) is 4.90 Å². The van der Waals surface area contributed by atoms with E-state index in [0.29, 0.717) is 35.5 Å². The number of hydrogen-bond acceptors (Lipinski definition) is 6. The van der Waals surface area contributed by atoms with Crippen molar-refractivity contribution in [1.82, 2.24) is 9.88 Å². The Labute approximate surface area is 188 Å². The first-order valence-electron chi connectivity index (χ1n) is 10.1. The van der Waals surface area contributed by atoms with Gasteiger partial charge in [0.2, 0.25) is 0 Å². The number of aromatic carboxylic acids is 1. The van der Waals surface area contributed by atoms with Crippen molar-refractivity contribution in [2.24, 2.45) is 5.92 Å². The van der Waals surface area contributed by atoms with E-state index >= 15 is 4.39 Å². The van der Waals surface area contributed by atoms with Gasteiger partial charge < -0.3 is 29.4 Å². The molecule has 1 aromatic heterocycles. The average molecular weight is 508 g/mol. The van der Waals surface area contributed by atoms with E-state index in [2.05, 4.69) is 5.32 Å². The van der Waals surface area contributed by atoms with E-state index in [4.69, 9.17) is 4.74 Å². The van der Waals surface area contributed by atoms with Gasteiger partial charge in [0.05, 0.1) is 29.5 Å². The summed E-state index contributed by atoms with van der Waals surface area (Å²) in [6.07, 6.45) is 5.29. The number of methoxy groups -OCH3 is 1. The number of carbonyl (C=O) groups excluding carboxylic acids is 1. The van der Waals surface area contributed by atoms with Crippen molar-refractivity contribution in [3.8, 4) is 5.75 Å². The van der Waals surface area contributed by atoms with Crippen molar-refractivity contribution in [1.29, 1.82) is 0 Å². The largest absolute Gasteiger partial charge is 1.00 e. The van der Waals surface area contributed by atoms with Gasteiger partial charge in [-0.1, -0.05) is 0 Å². The normalized spacial score (nSPS) is 23.2. The Morgan fingerprint density at radius 3 is 2.70 bits per heavy atom. The molecule has 0 radical (unpaired) electrons. The summed E-state index contributed by atoms with van der Waals surface area (Å²) in [6.45, 7) is 2.37. The number of nitrogens with zero attached hydrogens (tertiary/aromatic N) is 2. The maximum atomic E-state index is 15.3. The van der Waals surface area contributed by atoms with Crippen LogP contribution in [0.2, 0.25) is 0 Å². The molecule has 0 bridgehead atoms. The van der Waals surface area contributed by atoms with Crippen LogP contribution < -0.4 is 25.5 Å². The number of carboxylic acid groups (broad SMARTS) is 1. The Balaban J connectivity index is 0.00000218. The molecule has 7 nitrogen and oxygen atoms in total. The van der Waals surface area contributed by atoms with Crippen LogP contribution in [0.1, 0.15) is 42.1 Å². The minimum absolute atomic E-state index is 0. The summed E-state index contributed by atoms with van der Waals surface area (Å²) in [5.41, 5.74) is -0.372. The fraction of sp³-hybridized carbons (Fsp3) is 0.524. The molecule has 2 saturated heterocycles. The Kier molecular flexibility index (Phi) is 5.70. The number of ether oxygens (including phenoxy) is 1. The van der Waals surface area contributed by atoms with Gasteiger partial charge >= 0.3 is 22.4 Å². The molecule has 2 aliphatic heterocycles. The number of anilines is 1. The molecule has 1 aliphatic carbocycles. The maximum absolute atomic E-state index is 15.3. The van der Waals surface area contributed by atoms with E-state index < -0.39 is 22.8 Å². The fourth-order valence-electron chi connectivity index (χ4n) is 4.95. The smallest absolute Gasteiger partial charge is 0.545 e. The molecule has 3 aliphatic rings. The van der Waals surface area contributed by atoms with E-state index in [1.165, 1.54) is 13.3 Å². The van der Waals surface area contributed by atoms with Crippen LogP contribution in [-0.4, -0.2) is 43.3 Å². The van der Waals surface area contributed by atoms with Crippen molar-refractivity contribution in [3.63, 3.8) is 0 Å². The molecule has 0 unspecified atom stereocenters. The number of carbonyl (C=O) groups is 1. The number of piperidine rings is 1. The first kappa shape index (κ1) is 21.4. The van der Waals surface area contributed by atoms with Gasteiger partial charge in [-0.05, 0) is 44.2 Å². The van der Waals surface area contributed by atoms with E-state index in [9.17, 15) is 14.7 Å². The van der Waals surface area contributed by atoms with Gasteiger partial charge in [-0.2, -0.15) is 0 Å². The van der Waals surface area contributed by atoms with Crippen LogP contribution in [0.4, 0.5) is 10.1 Å². The van der Waals surface area contributed by atoms with Crippen LogP contribution >= 0.6 is 0 Å². The molecule has 3 fully saturated rings. The first-order chi connectivity index (χ1) is 14.0. The standard InChI is InChI=1S/C21H24FN3O4.Ag/c1-29-20-17-13(19(26)14(21(27)28)9-25(17)12-4-5-12)7-15(22)18(20)24-8-11-3-2-6-23-16(11)10-24;/h7,9,11-12,16,23H,2-6,8,10H2,1H3,(H,27,28);/q;+1/p-1/t11-,16+;/m0./s1. The molecule has 2 aromatic rings. The van der Waals surface area contributed by atoms with Crippen molar-refractivity contribution >= 4 is 22.6 Å². The molecule has 1 saturated carbocycles. The second-order valence-corrected chi connectivity index (χ2v) is 8.30. The number of fused-ring (bicyclic) bond motifs is 2. The predicted octanol–water partition coefficient (Wildman–Crippen LogP) is 1.03. The van der Waals surface area contributed by atoms with Crippen molar-refractivity contribution in [3.05, 3.63) is 33.9 Å². The second kappa shape index (κ2) is 8.00. The molecular formula is C21H23AgFN3O4. The van der Waals surface area contributed by atoms with Crippen molar-refractivity contribution in [2.45, 2.75) is 37.8 Å². The van der Waals surface area contributed by atoms with Gasteiger partial charge in [0.15, 0.2) is 17.0 Å². The number of halogens is 1. The Morgan fingerprint density at radius 1 is 1.30 bits per heavy atom.